The van der Waals surface area contributed by atoms with Crippen LogP contribution in [0.3, 0.4) is 0 Å². The zero-order valence-corrected chi connectivity index (χ0v) is 9.28. The van der Waals surface area contributed by atoms with Crippen LogP contribution in [0.15, 0.2) is 0 Å². The molecule has 0 aromatic rings. The van der Waals surface area contributed by atoms with Crippen molar-refractivity contribution >= 4 is 6.16 Å². The molecular weight excluding hydrogens is 214 g/mol. The second-order valence-corrected chi connectivity index (χ2v) is 3.95. The van der Waals surface area contributed by atoms with Crippen LogP contribution < -0.4 is 5.32 Å². The first kappa shape index (κ1) is 13.2. The van der Waals surface area contributed by atoms with E-state index in [2.05, 4.69) is 10.1 Å². The highest BCUT2D eigenvalue weighted by atomic mass is 16.7. The lowest BCUT2D eigenvalue weighted by Crippen LogP contribution is -2.42. The fraction of sp³-hybridized carbons (Fsp3) is 0.900. The molecule has 1 fully saturated rings. The number of carbonyl (C=O) groups is 1. The lowest BCUT2D eigenvalue weighted by atomic mass is 9.89. The molecular formula is C10H19NO5. The maximum atomic E-state index is 10.1. The Morgan fingerprint density at radius 1 is 1.25 bits per heavy atom. The van der Waals surface area contributed by atoms with Gasteiger partial charge in [-0.15, -0.1) is 0 Å². The highest BCUT2D eigenvalue weighted by molar-refractivity contribution is 5.56. The van der Waals surface area contributed by atoms with Crippen molar-refractivity contribution in [3.8, 4) is 0 Å². The summed E-state index contributed by atoms with van der Waals surface area (Å²) in [5.74, 6) is 0. The predicted octanol–water partition coefficient (Wildman–Crippen LogP) is 0.202. The summed E-state index contributed by atoms with van der Waals surface area (Å²) in [6, 6.07) is 0. The van der Waals surface area contributed by atoms with Gasteiger partial charge in [0.1, 0.15) is 6.61 Å². The Bertz CT molecular complexity index is 215. The van der Waals surface area contributed by atoms with Crippen LogP contribution in [-0.4, -0.2) is 54.9 Å². The number of carboxylic acid groups (broad SMARTS) is 1. The number of hydrogen-bond acceptors (Lipinski definition) is 5. The van der Waals surface area contributed by atoms with Gasteiger partial charge in [0.15, 0.2) is 0 Å². The second-order valence-electron chi connectivity index (χ2n) is 3.95. The molecule has 0 radical (unpaired) electrons. The molecule has 94 valence electrons. The van der Waals surface area contributed by atoms with E-state index in [0.29, 0.717) is 13.0 Å². The molecule has 6 nitrogen and oxygen atoms in total. The van der Waals surface area contributed by atoms with Crippen LogP contribution in [0.1, 0.15) is 19.3 Å². The lowest BCUT2D eigenvalue weighted by Gasteiger charge is -2.32. The fourth-order valence-corrected chi connectivity index (χ4v) is 1.69. The van der Waals surface area contributed by atoms with E-state index in [1.165, 1.54) is 0 Å². The van der Waals surface area contributed by atoms with Crippen molar-refractivity contribution in [1.82, 2.24) is 5.32 Å². The molecule has 0 amide bonds. The molecule has 6 heteroatoms. The van der Waals surface area contributed by atoms with E-state index < -0.39 is 11.8 Å². The zero-order chi connectivity index (χ0) is 11.9. The molecule has 0 spiro atoms. The zero-order valence-electron chi connectivity index (χ0n) is 9.28. The smallest absolute Gasteiger partial charge is 0.450 e. The summed E-state index contributed by atoms with van der Waals surface area (Å²) in [5.41, 5.74) is -0.626. The first-order chi connectivity index (χ1) is 7.62. The molecule has 0 bridgehead atoms. The number of aliphatic hydroxyl groups is 1. The number of ether oxygens (including phenoxy) is 2. The predicted molar refractivity (Wildman–Crippen MR) is 56.5 cm³/mol. The first-order valence-corrected chi connectivity index (χ1v) is 5.49. The Balaban J connectivity index is 1.99. The Morgan fingerprint density at radius 2 is 1.94 bits per heavy atom. The average Bonchev–Trinajstić information content (AvgIpc) is 2.24. The van der Waals surface area contributed by atoms with Gasteiger partial charge in [0.25, 0.3) is 0 Å². The largest absolute Gasteiger partial charge is 0.505 e. The standard InChI is InChI=1S/C10H19NO5/c12-9(13)16-8-7-15-6-3-10(14)1-4-11-5-2-10/h11,14H,1-8H2,(H,12,13). The molecule has 0 aromatic carbocycles. The molecule has 1 aliphatic heterocycles. The topological polar surface area (TPSA) is 88.0 Å². The van der Waals surface area contributed by atoms with E-state index >= 15 is 0 Å². The maximum Gasteiger partial charge on any atom is 0.505 e. The maximum absolute atomic E-state index is 10.1. The molecule has 0 aromatic heterocycles. The fourth-order valence-electron chi connectivity index (χ4n) is 1.69. The van der Waals surface area contributed by atoms with Crippen LogP contribution >= 0.6 is 0 Å². The minimum atomic E-state index is -1.29. The highest BCUT2D eigenvalue weighted by Crippen LogP contribution is 2.21. The second kappa shape index (κ2) is 6.67. The minimum absolute atomic E-state index is 0.0370. The van der Waals surface area contributed by atoms with Crippen LogP contribution in [0.25, 0.3) is 0 Å². The third kappa shape index (κ3) is 5.29. The van der Waals surface area contributed by atoms with E-state index in [-0.39, 0.29) is 13.2 Å². The van der Waals surface area contributed by atoms with Gasteiger partial charge in [-0.2, -0.15) is 0 Å². The van der Waals surface area contributed by atoms with Crippen LogP contribution in [0.5, 0.6) is 0 Å². The quantitative estimate of drug-likeness (QED) is 0.449. The Morgan fingerprint density at radius 3 is 2.56 bits per heavy atom. The van der Waals surface area contributed by atoms with Gasteiger partial charge in [0, 0.05) is 6.61 Å². The summed E-state index contributed by atoms with van der Waals surface area (Å²) in [6.45, 7) is 2.37. The summed E-state index contributed by atoms with van der Waals surface area (Å²) in [4.78, 5) is 10.0. The van der Waals surface area contributed by atoms with Gasteiger partial charge in [-0.1, -0.05) is 0 Å². The molecule has 0 unspecified atom stereocenters. The van der Waals surface area contributed by atoms with Crippen LogP contribution in [0.4, 0.5) is 4.79 Å². The SMILES string of the molecule is O=C(O)OCCOCCC1(O)CCNCC1. The van der Waals surface area contributed by atoms with Gasteiger partial charge in [0.05, 0.1) is 12.2 Å². The Kier molecular flexibility index (Phi) is 5.51. The lowest BCUT2D eigenvalue weighted by molar-refractivity contribution is -0.0281. The average molecular weight is 233 g/mol. The molecule has 1 heterocycles. The van der Waals surface area contributed by atoms with Gasteiger partial charge in [0.2, 0.25) is 0 Å². The normalized spacial score (nSPS) is 19.3. The van der Waals surface area contributed by atoms with Crippen LogP contribution in [-0.2, 0) is 9.47 Å². The molecule has 0 aliphatic carbocycles. The van der Waals surface area contributed by atoms with Gasteiger partial charge in [-0.05, 0) is 32.4 Å². The van der Waals surface area contributed by atoms with Crippen molar-refractivity contribution in [3.63, 3.8) is 0 Å². The number of rotatable bonds is 6. The minimum Gasteiger partial charge on any atom is -0.450 e. The molecule has 16 heavy (non-hydrogen) atoms. The van der Waals surface area contributed by atoms with Crippen molar-refractivity contribution in [2.24, 2.45) is 0 Å². The number of nitrogens with one attached hydrogen (secondary N) is 1. The molecule has 0 atom stereocenters. The summed E-state index contributed by atoms with van der Waals surface area (Å²) in [7, 11) is 0. The van der Waals surface area contributed by atoms with Gasteiger partial charge >= 0.3 is 6.16 Å². The Labute approximate surface area is 94.5 Å². The molecule has 0 saturated carbocycles. The summed E-state index contributed by atoms with van der Waals surface area (Å²) < 4.78 is 9.46. The molecule has 1 aliphatic rings. The third-order valence-electron chi connectivity index (χ3n) is 2.70. The van der Waals surface area contributed by atoms with E-state index in [0.717, 1.165) is 25.9 Å². The van der Waals surface area contributed by atoms with E-state index in [4.69, 9.17) is 9.84 Å². The molecule has 1 saturated heterocycles. The van der Waals surface area contributed by atoms with Crippen LogP contribution in [0.2, 0.25) is 0 Å². The van der Waals surface area contributed by atoms with Crippen molar-refractivity contribution < 1.29 is 24.5 Å². The van der Waals surface area contributed by atoms with Crippen molar-refractivity contribution in [2.75, 3.05) is 32.9 Å². The van der Waals surface area contributed by atoms with Gasteiger partial charge < -0.3 is 25.0 Å². The Hall–Kier alpha value is -0.850. The first-order valence-electron chi connectivity index (χ1n) is 5.49. The summed E-state index contributed by atoms with van der Waals surface area (Å²) in [6.07, 6.45) is 0.770. The van der Waals surface area contributed by atoms with Crippen molar-refractivity contribution in [2.45, 2.75) is 24.9 Å². The summed E-state index contributed by atoms with van der Waals surface area (Å²) in [5, 5.41) is 21.4. The van der Waals surface area contributed by atoms with Crippen LogP contribution in [0, 0.1) is 0 Å². The number of hydrogen-bond donors (Lipinski definition) is 3. The van der Waals surface area contributed by atoms with E-state index in [9.17, 15) is 9.90 Å². The molecule has 3 N–H and O–H groups in total. The number of piperidine rings is 1. The highest BCUT2D eigenvalue weighted by Gasteiger charge is 2.28. The van der Waals surface area contributed by atoms with Gasteiger partial charge in [-0.25, -0.2) is 4.79 Å². The van der Waals surface area contributed by atoms with Gasteiger partial charge in [-0.3, -0.25) is 0 Å². The summed E-state index contributed by atoms with van der Waals surface area (Å²) >= 11 is 0. The molecule has 1 rings (SSSR count). The van der Waals surface area contributed by atoms with Crippen molar-refractivity contribution in [1.29, 1.82) is 0 Å². The van der Waals surface area contributed by atoms with E-state index in [1.807, 2.05) is 0 Å². The monoisotopic (exact) mass is 233 g/mol. The third-order valence-corrected chi connectivity index (χ3v) is 2.70. The van der Waals surface area contributed by atoms with Crippen molar-refractivity contribution in [3.05, 3.63) is 0 Å². The van der Waals surface area contributed by atoms with E-state index in [1.54, 1.807) is 0 Å².